The molecule has 0 saturated carbocycles. The van der Waals surface area contributed by atoms with E-state index < -0.39 is 0 Å². The van der Waals surface area contributed by atoms with Crippen molar-refractivity contribution in [3.63, 3.8) is 0 Å². The smallest absolute Gasteiger partial charge is 0.123 e. The molecule has 28 heavy (non-hydrogen) atoms. The molecule has 2 aromatic carbocycles. The van der Waals surface area contributed by atoms with Gasteiger partial charge in [-0.05, 0) is 47.8 Å². The van der Waals surface area contributed by atoms with Crippen LogP contribution in [0.3, 0.4) is 0 Å². The highest BCUT2D eigenvalue weighted by atomic mass is 16.5. The first-order valence-corrected chi connectivity index (χ1v) is 10.8. The van der Waals surface area contributed by atoms with E-state index in [1.807, 2.05) is 24.3 Å². The Bertz CT molecular complexity index is 733. The van der Waals surface area contributed by atoms with Gasteiger partial charge in [-0.2, -0.15) is 0 Å². The number of ether oxygens (including phenoxy) is 1. The van der Waals surface area contributed by atoms with E-state index >= 15 is 0 Å². The average molecular weight is 381 g/mol. The molecule has 0 saturated heterocycles. The van der Waals surface area contributed by atoms with Crippen molar-refractivity contribution in [3.05, 3.63) is 59.7 Å². The van der Waals surface area contributed by atoms with E-state index in [0.29, 0.717) is 0 Å². The molecule has 153 valence electrons. The monoisotopic (exact) mass is 380 g/mol. The highest BCUT2D eigenvalue weighted by Crippen LogP contribution is 2.39. The van der Waals surface area contributed by atoms with E-state index in [-0.39, 0.29) is 16.9 Å². The van der Waals surface area contributed by atoms with Crippen LogP contribution in [0.4, 0.5) is 5.69 Å². The van der Waals surface area contributed by atoms with Crippen LogP contribution < -0.4 is 10.1 Å². The summed E-state index contributed by atoms with van der Waals surface area (Å²) < 4.78 is 6.53. The van der Waals surface area contributed by atoms with Crippen molar-refractivity contribution in [2.45, 2.75) is 84.7 Å². The van der Waals surface area contributed by atoms with Gasteiger partial charge in [0.25, 0.3) is 0 Å². The highest BCUT2D eigenvalue weighted by Gasteiger charge is 2.27. The second-order valence-electron chi connectivity index (χ2n) is 8.99. The van der Waals surface area contributed by atoms with Crippen molar-refractivity contribution in [2.24, 2.45) is 0 Å². The molecule has 0 aliphatic heterocycles. The average Bonchev–Trinajstić information content (AvgIpc) is 2.71. The molecule has 0 aliphatic carbocycles. The summed E-state index contributed by atoms with van der Waals surface area (Å²) in [7, 11) is 0. The van der Waals surface area contributed by atoms with Crippen LogP contribution in [0.5, 0.6) is 5.75 Å². The summed E-state index contributed by atoms with van der Waals surface area (Å²) in [4.78, 5) is 0. The Kier molecular flexibility index (Phi) is 7.57. The molecular formula is C26H38NO. The maximum atomic E-state index is 6.53. The summed E-state index contributed by atoms with van der Waals surface area (Å²) in [6.07, 6.45) is 3.26. The maximum absolute atomic E-state index is 6.53. The number of para-hydroxylation sites is 1. The number of nitrogens with one attached hydrogen (secondary N) is 1. The molecule has 2 heteroatoms. The van der Waals surface area contributed by atoms with Gasteiger partial charge in [0.2, 0.25) is 0 Å². The van der Waals surface area contributed by atoms with Crippen LogP contribution in [-0.2, 0) is 10.8 Å². The summed E-state index contributed by atoms with van der Waals surface area (Å²) in [5, 5.41) is 3.45. The van der Waals surface area contributed by atoms with E-state index in [4.69, 9.17) is 4.74 Å². The van der Waals surface area contributed by atoms with E-state index in [1.165, 1.54) is 11.1 Å². The van der Waals surface area contributed by atoms with Gasteiger partial charge in [-0.25, -0.2) is 0 Å². The third kappa shape index (κ3) is 5.53. The lowest BCUT2D eigenvalue weighted by atomic mass is 9.76. The lowest BCUT2D eigenvalue weighted by Gasteiger charge is -2.31. The Balaban J connectivity index is 2.26. The molecule has 0 bridgehead atoms. The Labute approximate surface area is 172 Å². The third-order valence-electron chi connectivity index (χ3n) is 6.24. The van der Waals surface area contributed by atoms with Gasteiger partial charge in [0.05, 0.1) is 6.54 Å². The molecule has 0 amide bonds. The summed E-state index contributed by atoms with van der Waals surface area (Å²) >= 11 is 0. The molecule has 0 heterocycles. The predicted molar refractivity (Wildman–Crippen MR) is 122 cm³/mol. The zero-order chi connectivity index (χ0) is 20.8. The molecule has 1 unspecified atom stereocenters. The molecule has 0 spiro atoms. The van der Waals surface area contributed by atoms with Crippen LogP contribution in [0.2, 0.25) is 0 Å². The van der Waals surface area contributed by atoms with Gasteiger partial charge >= 0.3 is 0 Å². The number of hydrogen-bond acceptors (Lipinski definition) is 2. The summed E-state index contributed by atoms with van der Waals surface area (Å²) in [5.74, 6) is 1.02. The third-order valence-corrected chi connectivity index (χ3v) is 6.24. The van der Waals surface area contributed by atoms with Gasteiger partial charge in [-0.3, -0.25) is 0 Å². The largest absolute Gasteiger partial charge is 0.488 e. The van der Waals surface area contributed by atoms with Crippen molar-refractivity contribution in [1.29, 1.82) is 0 Å². The standard InChI is InChI=1S/C26H38NO/c1-8-22(19-27-21-14-12-11-13-15-21)28-24-17-16-20(25(4,5)9-2)18-23(24)26(6,7)10-3/h11-14,16-18,22,27H,8-10,19H2,1-7H3. The minimum Gasteiger partial charge on any atom is -0.488 e. The van der Waals surface area contributed by atoms with Crippen molar-refractivity contribution in [1.82, 2.24) is 0 Å². The molecule has 2 rings (SSSR count). The van der Waals surface area contributed by atoms with Gasteiger partial charge in [-0.1, -0.05) is 78.8 Å². The van der Waals surface area contributed by atoms with Crippen LogP contribution in [0.1, 0.15) is 78.9 Å². The quantitative estimate of drug-likeness (QED) is 0.473. The summed E-state index contributed by atoms with van der Waals surface area (Å²) in [6.45, 7) is 16.7. The molecule has 0 aromatic heterocycles. The SMILES string of the molecule is CCC(CNc1[c]cccc1)Oc1ccc(C(C)(C)CC)cc1C(C)(C)CC. The van der Waals surface area contributed by atoms with Crippen molar-refractivity contribution in [2.75, 3.05) is 11.9 Å². The first kappa shape index (κ1) is 22.3. The highest BCUT2D eigenvalue weighted by molar-refractivity contribution is 5.45. The van der Waals surface area contributed by atoms with Crippen LogP contribution in [0, 0.1) is 6.07 Å². The van der Waals surface area contributed by atoms with Crippen LogP contribution in [-0.4, -0.2) is 12.6 Å². The first-order valence-electron chi connectivity index (χ1n) is 10.8. The molecule has 1 N–H and O–H groups in total. The fourth-order valence-electron chi connectivity index (χ4n) is 3.15. The zero-order valence-corrected chi connectivity index (χ0v) is 18.9. The Morgan fingerprint density at radius 3 is 2.25 bits per heavy atom. The van der Waals surface area contributed by atoms with E-state index in [9.17, 15) is 0 Å². The molecular weight excluding hydrogens is 342 g/mol. The number of rotatable bonds is 10. The Morgan fingerprint density at radius 2 is 1.68 bits per heavy atom. The van der Waals surface area contributed by atoms with Crippen LogP contribution in [0.15, 0.2) is 42.5 Å². The van der Waals surface area contributed by atoms with Crippen LogP contribution >= 0.6 is 0 Å². The van der Waals surface area contributed by atoms with Gasteiger partial charge < -0.3 is 10.1 Å². The lowest BCUT2D eigenvalue weighted by molar-refractivity contribution is 0.204. The normalized spacial score (nSPS) is 13.2. The fraction of sp³-hybridized carbons (Fsp3) is 0.538. The Hall–Kier alpha value is -1.96. The van der Waals surface area contributed by atoms with E-state index in [2.05, 4.69) is 78.0 Å². The maximum Gasteiger partial charge on any atom is 0.123 e. The molecule has 2 aromatic rings. The van der Waals surface area contributed by atoms with Gasteiger partial charge in [0, 0.05) is 17.3 Å². The van der Waals surface area contributed by atoms with E-state index in [0.717, 1.165) is 37.2 Å². The molecule has 2 nitrogen and oxygen atoms in total. The van der Waals surface area contributed by atoms with E-state index in [1.54, 1.807) is 0 Å². The molecule has 0 aliphatic rings. The first-order chi connectivity index (χ1) is 13.2. The number of anilines is 1. The minimum absolute atomic E-state index is 0.0775. The van der Waals surface area contributed by atoms with Gasteiger partial charge in [0.15, 0.2) is 0 Å². The zero-order valence-electron chi connectivity index (χ0n) is 18.9. The second-order valence-corrected chi connectivity index (χ2v) is 8.99. The lowest BCUT2D eigenvalue weighted by Crippen LogP contribution is -2.28. The molecule has 1 radical (unpaired) electrons. The number of hydrogen-bond donors (Lipinski definition) is 1. The van der Waals surface area contributed by atoms with Crippen molar-refractivity contribution >= 4 is 5.69 Å². The molecule has 1 atom stereocenters. The van der Waals surface area contributed by atoms with Crippen molar-refractivity contribution in [3.8, 4) is 5.75 Å². The topological polar surface area (TPSA) is 21.3 Å². The predicted octanol–water partition coefficient (Wildman–Crippen LogP) is 7.13. The van der Waals surface area contributed by atoms with Crippen LogP contribution in [0.25, 0.3) is 0 Å². The van der Waals surface area contributed by atoms with Gasteiger partial charge in [-0.15, -0.1) is 0 Å². The minimum atomic E-state index is 0.0775. The summed E-state index contributed by atoms with van der Waals surface area (Å²) in [6, 6.07) is 18.0. The number of benzene rings is 2. The second kappa shape index (κ2) is 9.49. The van der Waals surface area contributed by atoms with Gasteiger partial charge in [0.1, 0.15) is 11.9 Å². The van der Waals surface area contributed by atoms with Crippen molar-refractivity contribution < 1.29 is 4.74 Å². The summed E-state index contributed by atoms with van der Waals surface area (Å²) in [5.41, 5.74) is 3.97. The fourth-order valence-corrected chi connectivity index (χ4v) is 3.15. The molecule has 0 fully saturated rings. The Morgan fingerprint density at radius 1 is 0.964 bits per heavy atom.